The van der Waals surface area contributed by atoms with Crippen molar-refractivity contribution < 1.29 is 9.47 Å². The van der Waals surface area contributed by atoms with E-state index in [1.807, 2.05) is 0 Å². The van der Waals surface area contributed by atoms with Crippen LogP contribution in [0.1, 0.15) is 112 Å². The van der Waals surface area contributed by atoms with Crippen molar-refractivity contribution in [3.8, 4) is 5.75 Å². The van der Waals surface area contributed by atoms with Crippen LogP contribution in [0, 0.1) is 16.7 Å². The maximum absolute atomic E-state index is 6.43. The van der Waals surface area contributed by atoms with E-state index in [2.05, 4.69) is 79.7 Å². The minimum absolute atomic E-state index is 0.167. The third-order valence-electron chi connectivity index (χ3n) is 5.89. The molecule has 166 valence electrons. The maximum Gasteiger partial charge on any atom is 0.200 e. The molecular formula is C27H46O2. The van der Waals surface area contributed by atoms with Crippen molar-refractivity contribution in [1.82, 2.24) is 0 Å². The van der Waals surface area contributed by atoms with E-state index < -0.39 is 0 Å². The van der Waals surface area contributed by atoms with Gasteiger partial charge in [-0.2, -0.15) is 0 Å². The molecule has 2 nitrogen and oxygen atoms in total. The Balaban J connectivity index is 2.08. The van der Waals surface area contributed by atoms with Gasteiger partial charge in [0.15, 0.2) is 0 Å². The second kappa shape index (κ2) is 10.3. The smallest absolute Gasteiger partial charge is 0.200 e. The molecule has 0 aromatic heterocycles. The largest absolute Gasteiger partial charge is 0.465 e. The van der Waals surface area contributed by atoms with Crippen molar-refractivity contribution in [2.75, 3.05) is 0 Å². The zero-order valence-corrected chi connectivity index (χ0v) is 20.4. The summed E-state index contributed by atoms with van der Waals surface area (Å²) in [6.07, 6.45) is 8.55. The number of hydrogen-bond donors (Lipinski definition) is 0. The van der Waals surface area contributed by atoms with E-state index >= 15 is 0 Å². The Labute approximate surface area is 180 Å². The van der Waals surface area contributed by atoms with Crippen LogP contribution in [0.3, 0.4) is 0 Å². The Kier molecular flexibility index (Phi) is 8.64. The molecule has 0 saturated heterocycles. The Bertz CT molecular complexity index is 582. The van der Waals surface area contributed by atoms with E-state index in [9.17, 15) is 0 Å². The monoisotopic (exact) mass is 402 g/mol. The molecule has 2 heteroatoms. The molecule has 2 atom stereocenters. The minimum Gasteiger partial charge on any atom is -0.465 e. The molecule has 0 radical (unpaired) electrons. The van der Waals surface area contributed by atoms with Gasteiger partial charge in [-0.3, -0.25) is 0 Å². The SMILES string of the molecule is CC(C)C(CC(C)(C)C)c1ccc(OC(CC(C)(C)C)OC2CCCCC2)cc1. The molecule has 1 saturated carbocycles. The van der Waals surface area contributed by atoms with E-state index in [4.69, 9.17) is 9.47 Å². The van der Waals surface area contributed by atoms with E-state index in [0.29, 0.717) is 23.4 Å². The van der Waals surface area contributed by atoms with Crippen LogP contribution in [-0.4, -0.2) is 12.4 Å². The molecule has 0 heterocycles. The molecule has 2 rings (SSSR count). The minimum atomic E-state index is -0.167. The molecule has 2 unspecified atom stereocenters. The van der Waals surface area contributed by atoms with Crippen molar-refractivity contribution in [3.05, 3.63) is 29.8 Å². The summed E-state index contributed by atoms with van der Waals surface area (Å²) in [5.41, 5.74) is 1.92. The van der Waals surface area contributed by atoms with Crippen molar-refractivity contribution in [2.45, 2.75) is 119 Å². The number of benzene rings is 1. The fraction of sp³-hybridized carbons (Fsp3) is 0.778. The Morgan fingerprint density at radius 3 is 1.86 bits per heavy atom. The van der Waals surface area contributed by atoms with Crippen LogP contribution in [0.15, 0.2) is 24.3 Å². The molecule has 1 aliphatic carbocycles. The molecule has 29 heavy (non-hydrogen) atoms. The second-order valence-electron chi connectivity index (χ2n) is 11.9. The third-order valence-corrected chi connectivity index (χ3v) is 5.89. The average molecular weight is 403 g/mol. The first-order valence-corrected chi connectivity index (χ1v) is 11.8. The highest BCUT2D eigenvalue weighted by Gasteiger charge is 2.26. The van der Waals surface area contributed by atoms with Crippen LogP contribution in [0.25, 0.3) is 0 Å². The van der Waals surface area contributed by atoms with Gasteiger partial charge < -0.3 is 9.47 Å². The first-order valence-electron chi connectivity index (χ1n) is 11.8. The Morgan fingerprint density at radius 2 is 1.38 bits per heavy atom. The zero-order chi connectivity index (χ0) is 21.7. The van der Waals surface area contributed by atoms with Gasteiger partial charge in [0.25, 0.3) is 0 Å². The lowest BCUT2D eigenvalue weighted by Gasteiger charge is -2.32. The summed E-state index contributed by atoms with van der Waals surface area (Å²) in [6.45, 7) is 18.4. The lowest BCUT2D eigenvalue weighted by Crippen LogP contribution is -2.32. The highest BCUT2D eigenvalue weighted by Crippen LogP contribution is 2.37. The highest BCUT2D eigenvalue weighted by molar-refractivity contribution is 5.30. The van der Waals surface area contributed by atoms with E-state index in [0.717, 1.165) is 12.2 Å². The molecule has 1 fully saturated rings. The van der Waals surface area contributed by atoms with Crippen LogP contribution in [0.5, 0.6) is 5.75 Å². The summed E-state index contributed by atoms with van der Waals surface area (Å²) < 4.78 is 12.8. The Hall–Kier alpha value is -1.02. The first kappa shape index (κ1) is 24.3. The second-order valence-corrected chi connectivity index (χ2v) is 11.9. The lowest BCUT2D eigenvalue weighted by molar-refractivity contribution is -0.142. The van der Waals surface area contributed by atoms with Gasteiger partial charge in [0.1, 0.15) is 5.75 Å². The molecule has 1 aliphatic rings. The molecule has 0 N–H and O–H groups in total. The molecule has 0 aliphatic heterocycles. The summed E-state index contributed by atoms with van der Waals surface area (Å²) in [5.74, 6) is 2.13. The summed E-state index contributed by atoms with van der Waals surface area (Å²) in [6, 6.07) is 8.82. The van der Waals surface area contributed by atoms with Gasteiger partial charge in [-0.15, -0.1) is 0 Å². The summed E-state index contributed by atoms with van der Waals surface area (Å²) in [4.78, 5) is 0. The summed E-state index contributed by atoms with van der Waals surface area (Å²) in [5, 5.41) is 0. The normalized spacial score (nSPS) is 18.7. The van der Waals surface area contributed by atoms with Crippen LogP contribution in [0.4, 0.5) is 0 Å². The van der Waals surface area contributed by atoms with Gasteiger partial charge in [0, 0.05) is 6.42 Å². The van der Waals surface area contributed by atoms with Crippen molar-refractivity contribution in [1.29, 1.82) is 0 Å². The number of hydrogen-bond acceptors (Lipinski definition) is 2. The van der Waals surface area contributed by atoms with E-state index in [1.54, 1.807) is 0 Å². The van der Waals surface area contributed by atoms with Gasteiger partial charge in [-0.25, -0.2) is 0 Å². The van der Waals surface area contributed by atoms with Gasteiger partial charge >= 0.3 is 0 Å². The predicted molar refractivity (Wildman–Crippen MR) is 125 cm³/mol. The van der Waals surface area contributed by atoms with Crippen molar-refractivity contribution in [3.63, 3.8) is 0 Å². The first-order chi connectivity index (χ1) is 13.4. The van der Waals surface area contributed by atoms with Gasteiger partial charge in [-0.1, -0.05) is 86.8 Å². The topological polar surface area (TPSA) is 18.5 Å². The van der Waals surface area contributed by atoms with E-state index in [1.165, 1.54) is 44.1 Å². The molecular weight excluding hydrogens is 356 g/mol. The molecule has 0 bridgehead atoms. The fourth-order valence-electron chi connectivity index (χ4n) is 4.38. The fourth-order valence-corrected chi connectivity index (χ4v) is 4.38. The summed E-state index contributed by atoms with van der Waals surface area (Å²) in [7, 11) is 0. The summed E-state index contributed by atoms with van der Waals surface area (Å²) >= 11 is 0. The molecule has 1 aromatic rings. The van der Waals surface area contributed by atoms with Crippen molar-refractivity contribution >= 4 is 0 Å². The zero-order valence-electron chi connectivity index (χ0n) is 20.4. The lowest BCUT2D eigenvalue weighted by atomic mass is 9.76. The van der Waals surface area contributed by atoms with Crippen LogP contribution >= 0.6 is 0 Å². The predicted octanol–water partition coefficient (Wildman–Crippen LogP) is 8.35. The van der Waals surface area contributed by atoms with Crippen LogP contribution in [-0.2, 0) is 4.74 Å². The van der Waals surface area contributed by atoms with Crippen LogP contribution in [0.2, 0.25) is 0 Å². The third kappa shape index (κ3) is 9.11. The van der Waals surface area contributed by atoms with Crippen LogP contribution < -0.4 is 4.74 Å². The highest BCUT2D eigenvalue weighted by atomic mass is 16.7. The molecule has 1 aromatic carbocycles. The number of rotatable bonds is 8. The van der Waals surface area contributed by atoms with Crippen molar-refractivity contribution in [2.24, 2.45) is 16.7 Å². The van der Waals surface area contributed by atoms with Gasteiger partial charge in [0.2, 0.25) is 6.29 Å². The molecule has 0 spiro atoms. The quantitative estimate of drug-likeness (QED) is 0.407. The number of ether oxygens (including phenoxy) is 2. The molecule has 0 amide bonds. The van der Waals surface area contributed by atoms with Gasteiger partial charge in [0.05, 0.1) is 6.10 Å². The Morgan fingerprint density at radius 1 is 0.828 bits per heavy atom. The van der Waals surface area contributed by atoms with Gasteiger partial charge in [-0.05, 0) is 59.6 Å². The average Bonchev–Trinajstić information content (AvgIpc) is 2.59. The standard InChI is InChI=1S/C27H46O2/c1-20(2)24(18-26(3,4)5)21-14-16-23(17-15-21)29-25(19-27(6,7)8)28-22-12-10-9-11-13-22/h14-17,20,22,24-25H,9-13,18-19H2,1-8H3. The maximum atomic E-state index is 6.43. The van der Waals surface area contributed by atoms with E-state index in [-0.39, 0.29) is 11.7 Å².